The van der Waals surface area contributed by atoms with Gasteiger partial charge in [0.25, 0.3) is 0 Å². The Morgan fingerprint density at radius 3 is 2.82 bits per heavy atom. The van der Waals surface area contributed by atoms with E-state index in [0.717, 1.165) is 27.7 Å². The highest BCUT2D eigenvalue weighted by Gasteiger charge is 2.48. The summed E-state index contributed by atoms with van der Waals surface area (Å²) in [4.78, 5) is 45.1. The van der Waals surface area contributed by atoms with Gasteiger partial charge in [-0.15, -0.1) is 0 Å². The third-order valence-electron chi connectivity index (χ3n) is 6.81. The molecule has 4 heterocycles. The van der Waals surface area contributed by atoms with Gasteiger partial charge < -0.3 is 29.6 Å². The molecule has 3 aliphatic heterocycles. The van der Waals surface area contributed by atoms with Crippen LogP contribution in [0.15, 0.2) is 42.5 Å². The lowest BCUT2D eigenvalue weighted by Gasteiger charge is -2.47. The minimum absolute atomic E-state index is 0.0223. The molecule has 2 N–H and O–H groups in total. The average Bonchev–Trinajstić information content (AvgIpc) is 3.44. The molecule has 3 aromatic rings. The summed E-state index contributed by atoms with van der Waals surface area (Å²) >= 11 is 0. The molecule has 0 bridgehead atoms. The van der Waals surface area contributed by atoms with Gasteiger partial charge in [-0.2, -0.15) is 0 Å². The molecular formula is C25H24N4O5. The Morgan fingerprint density at radius 2 is 1.97 bits per heavy atom. The van der Waals surface area contributed by atoms with Gasteiger partial charge >= 0.3 is 0 Å². The number of hydrogen-bond donors (Lipinski definition) is 2. The van der Waals surface area contributed by atoms with Crippen LogP contribution in [0.25, 0.3) is 10.9 Å². The third-order valence-corrected chi connectivity index (χ3v) is 6.81. The zero-order valence-corrected chi connectivity index (χ0v) is 18.7. The van der Waals surface area contributed by atoms with Crippen LogP contribution >= 0.6 is 0 Å². The number of benzene rings is 2. The molecule has 0 aliphatic carbocycles. The van der Waals surface area contributed by atoms with E-state index in [9.17, 15) is 14.4 Å². The van der Waals surface area contributed by atoms with Gasteiger partial charge in [-0.1, -0.05) is 24.3 Å². The van der Waals surface area contributed by atoms with Crippen molar-refractivity contribution in [2.45, 2.75) is 25.4 Å². The summed E-state index contributed by atoms with van der Waals surface area (Å²) in [5, 5.41) is 3.76. The van der Waals surface area contributed by atoms with E-state index in [1.54, 1.807) is 9.80 Å². The zero-order valence-electron chi connectivity index (χ0n) is 18.7. The molecule has 1 fully saturated rings. The van der Waals surface area contributed by atoms with Crippen molar-refractivity contribution in [3.05, 3.63) is 59.3 Å². The molecule has 34 heavy (non-hydrogen) atoms. The maximum atomic E-state index is 13.6. The van der Waals surface area contributed by atoms with E-state index in [1.165, 1.54) is 6.92 Å². The molecule has 9 nitrogen and oxygen atoms in total. The summed E-state index contributed by atoms with van der Waals surface area (Å²) in [7, 11) is 0. The molecule has 0 radical (unpaired) electrons. The van der Waals surface area contributed by atoms with Crippen molar-refractivity contribution < 1.29 is 23.9 Å². The zero-order chi connectivity index (χ0) is 23.4. The fourth-order valence-electron chi connectivity index (χ4n) is 5.31. The van der Waals surface area contributed by atoms with Crippen LogP contribution in [0.5, 0.6) is 11.5 Å². The Hall–Kier alpha value is -4.01. The van der Waals surface area contributed by atoms with Crippen LogP contribution in [-0.2, 0) is 20.8 Å². The van der Waals surface area contributed by atoms with E-state index in [2.05, 4.69) is 10.3 Å². The molecule has 0 saturated carbocycles. The molecule has 0 spiro atoms. The molecule has 3 aliphatic rings. The molecule has 2 atom stereocenters. The smallest absolute Gasteiger partial charge is 0.246 e. The molecule has 9 heteroatoms. The highest BCUT2D eigenvalue weighted by atomic mass is 16.7. The standard InChI is InChI=1S/C25H24N4O5/c1-14(30)26-8-9-28-12-22(31)29-19(25(28)32)11-17-16-4-2-3-5-18(16)27-23(17)24(29)15-6-7-20-21(10-15)34-13-33-20/h2-7,10,19,24,27H,8-9,11-13H2,1H3,(H,26,30)/t19-,24-/m1/s1. The molecule has 1 saturated heterocycles. The first-order valence-corrected chi connectivity index (χ1v) is 11.3. The first-order chi connectivity index (χ1) is 16.5. The number of piperazine rings is 1. The lowest BCUT2D eigenvalue weighted by molar-refractivity contribution is -0.158. The SMILES string of the molecule is CC(=O)NCCN1CC(=O)N2[C@H](c3ccc4c(c3)OCO4)c3[nH]c4ccccc4c3C[C@@H]2C1=O. The summed E-state index contributed by atoms with van der Waals surface area (Å²) in [5.74, 6) is 0.899. The van der Waals surface area contributed by atoms with Gasteiger partial charge in [0, 0.05) is 43.0 Å². The number of rotatable bonds is 4. The normalized spacial score (nSPS) is 21.0. The van der Waals surface area contributed by atoms with Gasteiger partial charge in [0.05, 0.1) is 12.6 Å². The molecule has 2 aromatic carbocycles. The highest BCUT2D eigenvalue weighted by molar-refractivity contribution is 5.97. The second-order valence-corrected chi connectivity index (χ2v) is 8.84. The predicted octanol–water partition coefficient (Wildman–Crippen LogP) is 1.72. The van der Waals surface area contributed by atoms with Crippen molar-refractivity contribution in [2.75, 3.05) is 26.4 Å². The van der Waals surface area contributed by atoms with Crippen LogP contribution in [0.4, 0.5) is 0 Å². The van der Waals surface area contributed by atoms with Crippen molar-refractivity contribution in [3.63, 3.8) is 0 Å². The maximum Gasteiger partial charge on any atom is 0.246 e. The number of fused-ring (bicyclic) bond motifs is 5. The van der Waals surface area contributed by atoms with Gasteiger partial charge in [0.15, 0.2) is 11.5 Å². The molecule has 1 aromatic heterocycles. The van der Waals surface area contributed by atoms with Crippen LogP contribution in [0, 0.1) is 0 Å². The van der Waals surface area contributed by atoms with Crippen molar-refractivity contribution in [2.24, 2.45) is 0 Å². The van der Waals surface area contributed by atoms with Crippen molar-refractivity contribution >= 4 is 28.6 Å². The number of hydrogen-bond acceptors (Lipinski definition) is 5. The van der Waals surface area contributed by atoms with Crippen LogP contribution in [-0.4, -0.2) is 65.0 Å². The van der Waals surface area contributed by atoms with Gasteiger partial charge in [-0.05, 0) is 29.3 Å². The predicted molar refractivity (Wildman–Crippen MR) is 122 cm³/mol. The van der Waals surface area contributed by atoms with E-state index in [4.69, 9.17) is 9.47 Å². The number of amides is 3. The number of carbonyl (C=O) groups is 3. The summed E-state index contributed by atoms with van der Waals surface area (Å²) in [6.45, 7) is 2.18. The first-order valence-electron chi connectivity index (χ1n) is 11.3. The Bertz CT molecular complexity index is 1330. The maximum absolute atomic E-state index is 13.6. The number of aromatic amines is 1. The average molecular weight is 460 g/mol. The number of nitrogens with one attached hydrogen (secondary N) is 2. The number of aromatic nitrogens is 1. The Labute approximate surface area is 195 Å². The van der Waals surface area contributed by atoms with Crippen LogP contribution in [0.2, 0.25) is 0 Å². The molecule has 0 unspecified atom stereocenters. The largest absolute Gasteiger partial charge is 0.454 e. The van der Waals surface area contributed by atoms with Crippen LogP contribution in [0.3, 0.4) is 0 Å². The second kappa shape index (κ2) is 7.79. The van der Waals surface area contributed by atoms with E-state index in [-0.39, 0.29) is 31.1 Å². The van der Waals surface area contributed by atoms with Crippen molar-refractivity contribution in [3.8, 4) is 11.5 Å². The lowest BCUT2D eigenvalue weighted by atomic mass is 9.86. The minimum Gasteiger partial charge on any atom is -0.454 e. The highest BCUT2D eigenvalue weighted by Crippen LogP contribution is 2.44. The third kappa shape index (κ3) is 3.19. The fraction of sp³-hybridized carbons (Fsp3) is 0.320. The van der Waals surface area contributed by atoms with Gasteiger partial charge in [-0.25, -0.2) is 0 Å². The summed E-state index contributed by atoms with van der Waals surface area (Å²) in [6, 6.07) is 12.6. The topological polar surface area (TPSA) is 104 Å². The Kier molecular flexibility index (Phi) is 4.72. The first kappa shape index (κ1) is 20.6. The van der Waals surface area contributed by atoms with Gasteiger partial charge in [0.2, 0.25) is 24.5 Å². The summed E-state index contributed by atoms with van der Waals surface area (Å²) in [5.41, 5.74) is 3.80. The molecular weight excluding hydrogens is 436 g/mol. The number of ether oxygens (including phenoxy) is 2. The lowest BCUT2D eigenvalue weighted by Crippen LogP contribution is -2.63. The van der Waals surface area contributed by atoms with E-state index < -0.39 is 12.1 Å². The number of nitrogens with zero attached hydrogens (tertiary/aromatic N) is 2. The quantitative estimate of drug-likeness (QED) is 0.617. The van der Waals surface area contributed by atoms with Crippen molar-refractivity contribution in [1.82, 2.24) is 20.1 Å². The van der Waals surface area contributed by atoms with Gasteiger partial charge in [-0.3, -0.25) is 14.4 Å². The Balaban J connectivity index is 1.44. The summed E-state index contributed by atoms with van der Waals surface area (Å²) in [6.07, 6.45) is 0.432. The minimum atomic E-state index is -0.624. The molecule has 3 amide bonds. The molecule has 174 valence electrons. The number of H-pyrrole nitrogens is 1. The van der Waals surface area contributed by atoms with Gasteiger partial charge in [0.1, 0.15) is 6.04 Å². The van der Waals surface area contributed by atoms with E-state index >= 15 is 0 Å². The fourth-order valence-corrected chi connectivity index (χ4v) is 5.31. The molecule has 6 rings (SSSR count). The number of para-hydroxylation sites is 1. The van der Waals surface area contributed by atoms with Crippen LogP contribution in [0.1, 0.15) is 29.8 Å². The summed E-state index contributed by atoms with van der Waals surface area (Å²) < 4.78 is 11.1. The van der Waals surface area contributed by atoms with Crippen LogP contribution < -0.4 is 14.8 Å². The van der Waals surface area contributed by atoms with Crippen molar-refractivity contribution in [1.29, 1.82) is 0 Å². The monoisotopic (exact) mass is 460 g/mol. The second-order valence-electron chi connectivity index (χ2n) is 8.84. The Morgan fingerprint density at radius 1 is 1.15 bits per heavy atom. The van der Waals surface area contributed by atoms with E-state index in [0.29, 0.717) is 31.0 Å². The van der Waals surface area contributed by atoms with E-state index in [1.807, 2.05) is 42.5 Å². The number of carbonyl (C=O) groups excluding carboxylic acids is 3.